The third kappa shape index (κ3) is 4.41. The molecule has 1 aliphatic heterocycles. The molecule has 0 unspecified atom stereocenters. The summed E-state index contributed by atoms with van der Waals surface area (Å²) < 4.78 is 5.27. The first-order valence-corrected chi connectivity index (χ1v) is 10.2. The van der Waals surface area contributed by atoms with Crippen LogP contribution in [0.4, 0.5) is 28.8 Å². The van der Waals surface area contributed by atoms with Gasteiger partial charge in [0.25, 0.3) is 11.2 Å². The lowest BCUT2D eigenvalue weighted by atomic mass is 9.92. The number of aryl methyl sites for hydroxylation is 1. The number of carbonyl (C=O) groups is 2. The standard InChI is InChI=1S/C22H20N6O6/c1-11-7-8-12(28(32)33)9-15(11)23-20(30)13-10-17(29)25-19-18(13)21(31)27-22(26-19)24-14-5-3-4-6-16(14)34-2/h3-9,13H,10H2,1-2H3,(H,23,30)(H3,24,25,26,27,29,31)/t13-/m0/s1. The van der Waals surface area contributed by atoms with E-state index >= 15 is 0 Å². The molecule has 0 aliphatic carbocycles. The van der Waals surface area contributed by atoms with E-state index in [4.69, 9.17) is 4.74 Å². The molecule has 3 aromatic rings. The van der Waals surface area contributed by atoms with Gasteiger partial charge in [0.05, 0.1) is 34.9 Å². The number of hydrogen-bond acceptors (Lipinski definition) is 8. The average molecular weight is 464 g/mol. The molecule has 1 aliphatic rings. The van der Waals surface area contributed by atoms with Crippen LogP contribution in [0.2, 0.25) is 0 Å². The minimum atomic E-state index is -1.14. The molecular weight excluding hydrogens is 444 g/mol. The van der Waals surface area contributed by atoms with Gasteiger partial charge in [0.1, 0.15) is 11.6 Å². The summed E-state index contributed by atoms with van der Waals surface area (Å²) >= 11 is 0. The Kier molecular flexibility index (Phi) is 5.95. The molecule has 2 aromatic carbocycles. The van der Waals surface area contributed by atoms with Gasteiger partial charge in [0.15, 0.2) is 0 Å². The Bertz CT molecular complexity index is 1370. The monoisotopic (exact) mass is 464 g/mol. The molecule has 4 N–H and O–H groups in total. The third-order valence-corrected chi connectivity index (χ3v) is 5.32. The molecule has 2 amide bonds. The first-order valence-electron chi connectivity index (χ1n) is 10.2. The minimum absolute atomic E-state index is 0.00856. The van der Waals surface area contributed by atoms with Gasteiger partial charge < -0.3 is 20.7 Å². The number of fused-ring (bicyclic) bond motifs is 1. The van der Waals surface area contributed by atoms with E-state index in [0.29, 0.717) is 17.0 Å². The molecule has 0 saturated heterocycles. The van der Waals surface area contributed by atoms with Crippen molar-refractivity contribution >= 4 is 40.6 Å². The number of para-hydroxylation sites is 2. The lowest BCUT2D eigenvalue weighted by Gasteiger charge is -2.24. The zero-order valence-electron chi connectivity index (χ0n) is 18.2. The maximum Gasteiger partial charge on any atom is 0.271 e. The van der Waals surface area contributed by atoms with E-state index in [0.717, 1.165) is 0 Å². The van der Waals surface area contributed by atoms with Crippen LogP contribution in [0.1, 0.15) is 23.5 Å². The van der Waals surface area contributed by atoms with E-state index < -0.39 is 28.2 Å². The number of H-pyrrole nitrogens is 1. The van der Waals surface area contributed by atoms with E-state index in [2.05, 4.69) is 25.9 Å². The zero-order chi connectivity index (χ0) is 24.4. The molecule has 12 nitrogen and oxygen atoms in total. The minimum Gasteiger partial charge on any atom is -0.495 e. The van der Waals surface area contributed by atoms with Gasteiger partial charge in [-0.3, -0.25) is 29.5 Å². The number of rotatable bonds is 6. The number of methoxy groups -OCH3 is 1. The Labute approximate surface area is 192 Å². The molecule has 34 heavy (non-hydrogen) atoms. The summed E-state index contributed by atoms with van der Waals surface area (Å²) in [5, 5.41) is 19.1. The number of anilines is 4. The molecule has 0 saturated carbocycles. The summed E-state index contributed by atoms with van der Waals surface area (Å²) in [6.45, 7) is 1.67. The first-order chi connectivity index (χ1) is 16.3. The van der Waals surface area contributed by atoms with Crippen molar-refractivity contribution in [2.45, 2.75) is 19.3 Å². The molecule has 174 valence electrons. The number of ether oxygens (including phenoxy) is 1. The lowest BCUT2D eigenvalue weighted by Crippen LogP contribution is -2.36. The second-order valence-electron chi connectivity index (χ2n) is 7.55. The maximum atomic E-state index is 13.0. The number of nitrogens with zero attached hydrogens (tertiary/aromatic N) is 2. The number of carbonyl (C=O) groups excluding carboxylic acids is 2. The Hall–Kier alpha value is -4.74. The van der Waals surface area contributed by atoms with Gasteiger partial charge in [0, 0.05) is 18.6 Å². The van der Waals surface area contributed by atoms with Crippen LogP contribution < -0.4 is 26.2 Å². The van der Waals surface area contributed by atoms with Crippen molar-refractivity contribution in [3.63, 3.8) is 0 Å². The number of nitrogens with one attached hydrogen (secondary N) is 4. The van der Waals surface area contributed by atoms with E-state index in [1.807, 2.05) is 0 Å². The molecule has 0 bridgehead atoms. The topological polar surface area (TPSA) is 168 Å². The van der Waals surface area contributed by atoms with Crippen LogP contribution in [-0.4, -0.2) is 33.8 Å². The van der Waals surface area contributed by atoms with Crippen molar-refractivity contribution in [2.75, 3.05) is 23.1 Å². The SMILES string of the molecule is COc1ccccc1Nc1nc2c(c(=O)[nH]1)[C@@H](C(=O)Nc1cc([N+](=O)[O-])ccc1C)CC(=O)N2. The van der Waals surface area contributed by atoms with Gasteiger partial charge in [-0.1, -0.05) is 18.2 Å². The highest BCUT2D eigenvalue weighted by Gasteiger charge is 2.35. The number of aromatic nitrogens is 2. The summed E-state index contributed by atoms with van der Waals surface area (Å²) in [6, 6.07) is 11.0. The van der Waals surface area contributed by atoms with Crippen molar-refractivity contribution < 1.29 is 19.2 Å². The highest BCUT2D eigenvalue weighted by atomic mass is 16.6. The van der Waals surface area contributed by atoms with E-state index in [-0.39, 0.29) is 35.1 Å². The fourth-order valence-electron chi connectivity index (χ4n) is 3.61. The number of amides is 2. The van der Waals surface area contributed by atoms with Crippen molar-refractivity contribution in [3.8, 4) is 5.75 Å². The van der Waals surface area contributed by atoms with Gasteiger partial charge in [-0.15, -0.1) is 0 Å². The predicted molar refractivity (Wildman–Crippen MR) is 124 cm³/mol. The molecule has 0 spiro atoms. The van der Waals surface area contributed by atoms with Crippen LogP contribution in [0.15, 0.2) is 47.3 Å². The predicted octanol–water partition coefficient (Wildman–Crippen LogP) is 2.80. The molecular formula is C22H20N6O6. The van der Waals surface area contributed by atoms with Gasteiger partial charge in [-0.25, -0.2) is 0 Å². The second-order valence-corrected chi connectivity index (χ2v) is 7.55. The Morgan fingerprint density at radius 3 is 2.71 bits per heavy atom. The first kappa shape index (κ1) is 22.5. The Balaban J connectivity index is 1.66. The van der Waals surface area contributed by atoms with Crippen LogP contribution in [0.3, 0.4) is 0 Å². The van der Waals surface area contributed by atoms with E-state index in [1.54, 1.807) is 31.2 Å². The molecule has 4 rings (SSSR count). The summed E-state index contributed by atoms with van der Waals surface area (Å²) in [7, 11) is 1.50. The number of benzene rings is 2. The summed E-state index contributed by atoms with van der Waals surface area (Å²) in [4.78, 5) is 55.6. The molecule has 1 atom stereocenters. The third-order valence-electron chi connectivity index (χ3n) is 5.32. The average Bonchev–Trinajstić information content (AvgIpc) is 2.79. The zero-order valence-corrected chi connectivity index (χ0v) is 18.2. The van der Waals surface area contributed by atoms with Crippen molar-refractivity contribution in [1.82, 2.24) is 9.97 Å². The molecule has 0 fully saturated rings. The van der Waals surface area contributed by atoms with Crippen LogP contribution in [0, 0.1) is 17.0 Å². The largest absolute Gasteiger partial charge is 0.495 e. The quantitative estimate of drug-likeness (QED) is 0.319. The van der Waals surface area contributed by atoms with Crippen LogP contribution in [-0.2, 0) is 9.59 Å². The van der Waals surface area contributed by atoms with Crippen LogP contribution >= 0.6 is 0 Å². The molecule has 1 aromatic heterocycles. The maximum absolute atomic E-state index is 13.0. The molecule has 12 heteroatoms. The highest BCUT2D eigenvalue weighted by Crippen LogP contribution is 2.32. The normalized spacial score (nSPS) is 14.5. The van der Waals surface area contributed by atoms with Gasteiger partial charge >= 0.3 is 0 Å². The van der Waals surface area contributed by atoms with Crippen LogP contribution in [0.5, 0.6) is 5.75 Å². The Morgan fingerprint density at radius 2 is 1.97 bits per heavy atom. The number of hydrogen-bond donors (Lipinski definition) is 4. The number of non-ortho nitro benzene ring substituents is 1. The van der Waals surface area contributed by atoms with Crippen molar-refractivity contribution in [1.29, 1.82) is 0 Å². The van der Waals surface area contributed by atoms with Gasteiger partial charge in [0.2, 0.25) is 17.8 Å². The summed E-state index contributed by atoms with van der Waals surface area (Å²) in [5.74, 6) is -1.78. The van der Waals surface area contributed by atoms with Crippen LogP contribution in [0.25, 0.3) is 0 Å². The lowest BCUT2D eigenvalue weighted by molar-refractivity contribution is -0.384. The van der Waals surface area contributed by atoms with Gasteiger partial charge in [-0.05, 0) is 24.6 Å². The van der Waals surface area contributed by atoms with E-state index in [9.17, 15) is 24.5 Å². The second kappa shape index (κ2) is 9.02. The Morgan fingerprint density at radius 1 is 1.21 bits per heavy atom. The highest BCUT2D eigenvalue weighted by molar-refractivity contribution is 6.04. The summed E-state index contributed by atoms with van der Waals surface area (Å²) in [6.07, 6.45) is -0.281. The van der Waals surface area contributed by atoms with Crippen molar-refractivity contribution in [3.05, 3.63) is 74.1 Å². The van der Waals surface area contributed by atoms with Gasteiger partial charge in [-0.2, -0.15) is 4.98 Å². The molecule has 2 heterocycles. The van der Waals surface area contributed by atoms with Crippen molar-refractivity contribution in [2.24, 2.45) is 0 Å². The number of aromatic amines is 1. The molecule has 0 radical (unpaired) electrons. The number of nitro benzene ring substituents is 1. The smallest absolute Gasteiger partial charge is 0.271 e. The fourth-order valence-corrected chi connectivity index (χ4v) is 3.61. The summed E-state index contributed by atoms with van der Waals surface area (Å²) in [5.41, 5.74) is 0.511. The fraction of sp³-hybridized carbons (Fsp3) is 0.182. The van der Waals surface area contributed by atoms with E-state index in [1.165, 1.54) is 25.3 Å². The number of nitro groups is 1.